The lowest BCUT2D eigenvalue weighted by atomic mass is 9.71. The van der Waals surface area contributed by atoms with Crippen molar-refractivity contribution in [1.29, 1.82) is 0 Å². The molecule has 0 aromatic rings. The summed E-state index contributed by atoms with van der Waals surface area (Å²) in [6, 6.07) is 0. The Bertz CT molecular complexity index is 259. The molecule has 0 amide bonds. The van der Waals surface area contributed by atoms with Gasteiger partial charge < -0.3 is 4.74 Å². The molecule has 14 heavy (non-hydrogen) atoms. The molecule has 4 saturated carbocycles. The molecule has 4 aliphatic rings. The normalized spacial score (nSPS) is 53.8. The van der Waals surface area contributed by atoms with Crippen LogP contribution in [0.3, 0.4) is 0 Å². The molecule has 4 aliphatic carbocycles. The van der Waals surface area contributed by atoms with Crippen LogP contribution in [-0.4, -0.2) is 12.1 Å². The molecule has 0 aromatic carbocycles. The fourth-order valence-corrected chi connectivity index (χ4v) is 4.76. The summed E-state index contributed by atoms with van der Waals surface area (Å²) < 4.78 is 5.52. The van der Waals surface area contributed by atoms with Gasteiger partial charge in [-0.05, 0) is 49.9 Å². The Kier molecular flexibility index (Phi) is 1.71. The summed E-state index contributed by atoms with van der Waals surface area (Å²) >= 11 is 0. The summed E-state index contributed by atoms with van der Waals surface area (Å²) in [5, 5.41) is 0. The lowest BCUT2D eigenvalue weighted by Crippen LogP contribution is -2.45. The molecule has 78 valence electrons. The Morgan fingerprint density at radius 1 is 1.36 bits per heavy atom. The van der Waals surface area contributed by atoms with Gasteiger partial charge in [-0.1, -0.05) is 6.92 Å². The van der Waals surface area contributed by atoms with Crippen molar-refractivity contribution < 1.29 is 9.53 Å². The Morgan fingerprint density at radius 3 is 2.86 bits per heavy atom. The number of ether oxygens (including phenoxy) is 1. The van der Waals surface area contributed by atoms with Gasteiger partial charge in [0, 0.05) is 5.92 Å². The predicted octanol–water partition coefficient (Wildman–Crippen LogP) is 2.37. The fraction of sp³-hybridized carbons (Fsp3) is 0.917. The molecule has 2 nitrogen and oxygen atoms in total. The van der Waals surface area contributed by atoms with Gasteiger partial charge in [0.2, 0.25) is 0 Å². The molecular formula is C12H18O2. The van der Waals surface area contributed by atoms with Crippen LogP contribution in [0.5, 0.6) is 0 Å². The molecule has 5 unspecified atom stereocenters. The van der Waals surface area contributed by atoms with Gasteiger partial charge in [0.25, 0.3) is 6.47 Å². The van der Waals surface area contributed by atoms with E-state index in [4.69, 9.17) is 4.74 Å². The first kappa shape index (κ1) is 8.75. The second kappa shape index (κ2) is 2.74. The van der Waals surface area contributed by atoms with Gasteiger partial charge >= 0.3 is 0 Å². The van der Waals surface area contributed by atoms with Crippen LogP contribution in [0.25, 0.3) is 0 Å². The third-order valence-corrected chi connectivity index (χ3v) is 5.14. The molecule has 0 aliphatic heterocycles. The Morgan fingerprint density at radius 2 is 2.21 bits per heavy atom. The van der Waals surface area contributed by atoms with E-state index in [9.17, 15) is 4.79 Å². The van der Waals surface area contributed by atoms with Gasteiger partial charge in [0.05, 0.1) is 0 Å². The highest BCUT2D eigenvalue weighted by Crippen LogP contribution is 2.64. The fourth-order valence-electron chi connectivity index (χ4n) is 4.76. The summed E-state index contributed by atoms with van der Waals surface area (Å²) in [4.78, 5) is 10.7. The molecule has 4 rings (SSSR count). The van der Waals surface area contributed by atoms with E-state index in [0.717, 1.165) is 18.3 Å². The van der Waals surface area contributed by atoms with Crippen molar-refractivity contribution in [3.05, 3.63) is 0 Å². The molecule has 2 heteroatoms. The van der Waals surface area contributed by atoms with Crippen LogP contribution in [0.15, 0.2) is 0 Å². The Labute approximate surface area is 85.0 Å². The van der Waals surface area contributed by atoms with Crippen molar-refractivity contribution in [1.82, 2.24) is 0 Å². The molecule has 4 fully saturated rings. The van der Waals surface area contributed by atoms with Crippen LogP contribution in [0.4, 0.5) is 0 Å². The van der Waals surface area contributed by atoms with Crippen molar-refractivity contribution in [2.24, 2.45) is 23.7 Å². The number of rotatable bonds is 3. The summed E-state index contributed by atoms with van der Waals surface area (Å²) in [6.07, 6.45) is 6.38. The van der Waals surface area contributed by atoms with Gasteiger partial charge in [0.15, 0.2) is 0 Å². The number of carbonyl (C=O) groups excluding carboxylic acids is 1. The first-order valence-corrected chi connectivity index (χ1v) is 5.91. The van der Waals surface area contributed by atoms with E-state index in [0.29, 0.717) is 18.3 Å². The number of hydrogen-bond donors (Lipinski definition) is 0. The minimum Gasteiger partial charge on any atom is -0.461 e. The van der Waals surface area contributed by atoms with E-state index in [2.05, 4.69) is 6.92 Å². The molecule has 0 N–H and O–H groups in total. The van der Waals surface area contributed by atoms with Crippen molar-refractivity contribution in [2.45, 2.75) is 44.6 Å². The summed E-state index contributed by atoms with van der Waals surface area (Å²) in [7, 11) is 0. The van der Waals surface area contributed by atoms with E-state index in [1.54, 1.807) is 0 Å². The Balaban J connectivity index is 1.95. The van der Waals surface area contributed by atoms with E-state index in [1.165, 1.54) is 25.7 Å². The zero-order chi connectivity index (χ0) is 9.76. The van der Waals surface area contributed by atoms with Gasteiger partial charge in [-0.25, -0.2) is 0 Å². The first-order chi connectivity index (χ1) is 6.80. The molecule has 4 bridgehead atoms. The monoisotopic (exact) mass is 194 g/mol. The molecule has 0 spiro atoms. The van der Waals surface area contributed by atoms with Gasteiger partial charge in [-0.15, -0.1) is 0 Å². The van der Waals surface area contributed by atoms with Crippen molar-refractivity contribution in [2.75, 3.05) is 0 Å². The van der Waals surface area contributed by atoms with Gasteiger partial charge in [-0.2, -0.15) is 0 Å². The second-order valence-electron chi connectivity index (χ2n) is 5.39. The van der Waals surface area contributed by atoms with Crippen LogP contribution in [0, 0.1) is 23.7 Å². The first-order valence-electron chi connectivity index (χ1n) is 5.91. The highest BCUT2D eigenvalue weighted by atomic mass is 16.5. The van der Waals surface area contributed by atoms with E-state index in [1.807, 2.05) is 0 Å². The maximum atomic E-state index is 10.7. The number of hydrogen-bond acceptors (Lipinski definition) is 2. The summed E-state index contributed by atoms with van der Waals surface area (Å²) in [6.45, 7) is 2.87. The predicted molar refractivity (Wildman–Crippen MR) is 52.6 cm³/mol. The largest absolute Gasteiger partial charge is 0.461 e. The van der Waals surface area contributed by atoms with Crippen LogP contribution < -0.4 is 0 Å². The van der Waals surface area contributed by atoms with E-state index in [-0.39, 0.29) is 5.60 Å². The quantitative estimate of drug-likeness (QED) is 0.645. The van der Waals surface area contributed by atoms with Crippen LogP contribution >= 0.6 is 0 Å². The van der Waals surface area contributed by atoms with E-state index >= 15 is 0 Å². The molecular weight excluding hydrogens is 176 g/mol. The second-order valence-corrected chi connectivity index (χ2v) is 5.39. The maximum absolute atomic E-state index is 10.7. The summed E-state index contributed by atoms with van der Waals surface area (Å²) in [5.74, 6) is 3.21. The van der Waals surface area contributed by atoms with Gasteiger partial charge in [0.1, 0.15) is 5.60 Å². The number of carbonyl (C=O) groups is 1. The summed E-state index contributed by atoms with van der Waals surface area (Å²) in [5.41, 5.74) is -0.0561. The van der Waals surface area contributed by atoms with Crippen molar-refractivity contribution >= 4 is 6.47 Å². The SMILES string of the molecule is CCC1(OC=O)C2CC3CC(C2)C1C3. The highest BCUT2D eigenvalue weighted by Gasteiger charge is 2.63. The zero-order valence-electron chi connectivity index (χ0n) is 8.74. The van der Waals surface area contributed by atoms with Gasteiger partial charge in [-0.3, -0.25) is 4.79 Å². The lowest BCUT2D eigenvalue weighted by Gasteiger charge is -2.42. The maximum Gasteiger partial charge on any atom is 0.293 e. The van der Waals surface area contributed by atoms with E-state index < -0.39 is 0 Å². The lowest BCUT2D eigenvalue weighted by molar-refractivity contribution is -0.158. The minimum absolute atomic E-state index is 0.0561. The molecule has 0 saturated heterocycles. The zero-order valence-corrected chi connectivity index (χ0v) is 8.74. The van der Waals surface area contributed by atoms with Crippen molar-refractivity contribution in [3.63, 3.8) is 0 Å². The van der Waals surface area contributed by atoms with Crippen LogP contribution in [0.1, 0.15) is 39.0 Å². The average Bonchev–Trinajstić information content (AvgIpc) is 2.59. The highest BCUT2D eigenvalue weighted by molar-refractivity contribution is 5.39. The molecule has 0 aromatic heterocycles. The smallest absolute Gasteiger partial charge is 0.293 e. The molecule has 0 radical (unpaired) electrons. The molecule has 0 heterocycles. The Hall–Kier alpha value is -0.530. The van der Waals surface area contributed by atoms with Crippen molar-refractivity contribution in [3.8, 4) is 0 Å². The average molecular weight is 194 g/mol. The van der Waals surface area contributed by atoms with Crippen LogP contribution in [0.2, 0.25) is 0 Å². The molecule has 5 atom stereocenters. The third-order valence-electron chi connectivity index (χ3n) is 5.14. The van der Waals surface area contributed by atoms with Crippen LogP contribution in [-0.2, 0) is 9.53 Å². The minimum atomic E-state index is -0.0561. The standard InChI is InChI=1S/C12H18O2/c1-2-12(14-7-13)10-4-8-3-9(6-10)11(12)5-8/h7-11H,2-6H2,1H3. The third kappa shape index (κ3) is 0.850. The topological polar surface area (TPSA) is 26.3 Å².